The molecule has 0 atom stereocenters. The van der Waals surface area contributed by atoms with Gasteiger partial charge in [0.25, 0.3) is 0 Å². The highest BCUT2D eigenvalue weighted by Crippen LogP contribution is 2.10. The van der Waals surface area contributed by atoms with E-state index in [1.54, 1.807) is 12.2 Å². The minimum atomic E-state index is -0.791. The van der Waals surface area contributed by atoms with Crippen molar-refractivity contribution in [2.45, 2.75) is 19.4 Å². The largest absolute Gasteiger partial charge is 0.333 e. The molecule has 2 N–H and O–H groups in total. The van der Waals surface area contributed by atoms with Crippen LogP contribution in [0.5, 0.6) is 0 Å². The van der Waals surface area contributed by atoms with Crippen molar-refractivity contribution < 1.29 is 0 Å². The minimum absolute atomic E-state index is 0.0645. The van der Waals surface area contributed by atoms with Crippen molar-refractivity contribution in [3.8, 4) is 0 Å². The number of hydrogen-bond acceptors (Lipinski definition) is 3. The van der Waals surface area contributed by atoms with Crippen LogP contribution in [0.25, 0.3) is 0 Å². The first-order valence-electron chi connectivity index (χ1n) is 5.23. The van der Waals surface area contributed by atoms with Gasteiger partial charge in [-0.3, -0.25) is 9.97 Å². The summed E-state index contributed by atoms with van der Waals surface area (Å²) in [5.74, 6) is 0.0645. The number of aromatic nitrogens is 3. The minimum Gasteiger partial charge on any atom is -0.259 e. The molecule has 0 unspecified atom stereocenters. The molecule has 0 aliphatic carbocycles. The fourth-order valence-corrected chi connectivity index (χ4v) is 1.59. The molecule has 0 fully saturated rings. The summed E-state index contributed by atoms with van der Waals surface area (Å²) >= 11 is 0. The molecule has 0 amide bonds. The molecule has 1 rings (SSSR count). The van der Waals surface area contributed by atoms with Crippen LogP contribution in [0.2, 0.25) is 0 Å². The van der Waals surface area contributed by atoms with Crippen molar-refractivity contribution in [3.05, 3.63) is 56.8 Å². The summed E-state index contributed by atoms with van der Waals surface area (Å²) in [6, 6.07) is 0. The molecule has 6 heteroatoms. The number of hydrogen-bond donors (Lipinski definition) is 2. The normalized spacial score (nSPS) is 10.4. The predicted octanol–water partition coefficient (Wildman–Crippen LogP) is -0.00670. The number of nitrogens with zero attached hydrogens (tertiary/aromatic N) is 1. The summed E-state index contributed by atoms with van der Waals surface area (Å²) in [7, 11) is 0. The zero-order valence-corrected chi connectivity index (χ0v) is 9.44. The molecule has 0 aliphatic rings. The summed E-state index contributed by atoms with van der Waals surface area (Å²) in [4.78, 5) is 37.8. The highest BCUT2D eigenvalue weighted by Gasteiger charge is 2.10. The lowest BCUT2D eigenvalue weighted by molar-refractivity contribution is 0.424. The molecule has 0 aromatic carbocycles. The van der Waals surface area contributed by atoms with E-state index in [4.69, 9.17) is 0 Å². The van der Waals surface area contributed by atoms with Crippen LogP contribution in [-0.2, 0) is 6.54 Å². The van der Waals surface area contributed by atoms with Crippen molar-refractivity contribution >= 4 is 0 Å². The molecule has 92 valence electrons. The third-order valence-corrected chi connectivity index (χ3v) is 2.37. The van der Waals surface area contributed by atoms with Crippen LogP contribution < -0.4 is 17.1 Å². The van der Waals surface area contributed by atoms with Gasteiger partial charge >= 0.3 is 17.1 Å². The van der Waals surface area contributed by atoms with E-state index < -0.39 is 17.1 Å². The van der Waals surface area contributed by atoms with E-state index in [1.165, 1.54) is 0 Å². The van der Waals surface area contributed by atoms with Gasteiger partial charge in [0, 0.05) is 6.54 Å². The van der Waals surface area contributed by atoms with Gasteiger partial charge in [-0.1, -0.05) is 12.2 Å². The van der Waals surface area contributed by atoms with E-state index >= 15 is 0 Å². The molecular weight excluding hydrogens is 222 g/mol. The number of rotatable bonds is 6. The molecule has 0 radical (unpaired) electrons. The van der Waals surface area contributed by atoms with E-state index in [9.17, 15) is 14.4 Å². The Hall–Kier alpha value is -2.11. The second kappa shape index (κ2) is 5.83. The van der Waals surface area contributed by atoms with Crippen molar-refractivity contribution in [2.24, 2.45) is 5.92 Å². The number of aromatic amines is 2. The van der Waals surface area contributed by atoms with Gasteiger partial charge in [-0.2, -0.15) is 0 Å². The van der Waals surface area contributed by atoms with Gasteiger partial charge in [-0.25, -0.2) is 19.0 Å². The maximum Gasteiger partial charge on any atom is 0.333 e. The maximum absolute atomic E-state index is 11.4. The van der Waals surface area contributed by atoms with Gasteiger partial charge in [0.1, 0.15) is 0 Å². The SMILES string of the molecule is C=CCC(CC=C)Cn1c(=O)[nH]c(=O)[nH]c1=O. The Bertz CT molecular complexity index is 520. The Morgan fingerprint density at radius 2 is 1.53 bits per heavy atom. The molecule has 0 bridgehead atoms. The number of nitrogens with one attached hydrogen (secondary N) is 2. The standard InChI is InChI=1S/C11H15N3O3/c1-3-5-8(6-4-2)7-14-10(16)12-9(15)13-11(14)17/h3-4,8H,1-2,5-7H2,(H2,12,13,15,16,17). The lowest BCUT2D eigenvalue weighted by Crippen LogP contribution is -2.44. The van der Waals surface area contributed by atoms with Gasteiger partial charge in [0.15, 0.2) is 0 Å². The second-order valence-corrected chi connectivity index (χ2v) is 3.71. The van der Waals surface area contributed by atoms with Crippen LogP contribution in [0.15, 0.2) is 39.7 Å². The highest BCUT2D eigenvalue weighted by atomic mass is 16.2. The second-order valence-electron chi connectivity index (χ2n) is 3.71. The van der Waals surface area contributed by atoms with Crippen molar-refractivity contribution in [3.63, 3.8) is 0 Å². The third kappa shape index (κ3) is 3.44. The van der Waals surface area contributed by atoms with E-state index in [-0.39, 0.29) is 12.5 Å². The predicted molar refractivity (Wildman–Crippen MR) is 65.1 cm³/mol. The first-order valence-corrected chi connectivity index (χ1v) is 5.23. The highest BCUT2D eigenvalue weighted by molar-refractivity contribution is 4.81. The molecule has 0 saturated heterocycles. The van der Waals surface area contributed by atoms with E-state index in [0.717, 1.165) is 4.57 Å². The Labute approximate surface area is 97.3 Å². The molecule has 17 heavy (non-hydrogen) atoms. The van der Waals surface area contributed by atoms with Crippen molar-refractivity contribution in [1.29, 1.82) is 0 Å². The van der Waals surface area contributed by atoms with Gasteiger partial charge < -0.3 is 0 Å². The Balaban J connectivity index is 3.04. The van der Waals surface area contributed by atoms with Crippen LogP contribution >= 0.6 is 0 Å². The summed E-state index contributed by atoms with van der Waals surface area (Å²) in [5.41, 5.74) is -2.19. The Morgan fingerprint density at radius 1 is 1.06 bits per heavy atom. The first kappa shape index (κ1) is 13.0. The Kier molecular flexibility index (Phi) is 4.45. The summed E-state index contributed by atoms with van der Waals surface area (Å²) < 4.78 is 0.971. The van der Waals surface area contributed by atoms with Crippen LogP contribution in [-0.4, -0.2) is 14.5 Å². The van der Waals surface area contributed by atoms with Crippen LogP contribution in [0, 0.1) is 5.92 Å². The maximum atomic E-state index is 11.4. The quantitative estimate of drug-likeness (QED) is 0.682. The third-order valence-electron chi connectivity index (χ3n) is 2.37. The molecule has 1 aromatic rings. The van der Waals surface area contributed by atoms with Gasteiger partial charge in [0.2, 0.25) is 0 Å². The van der Waals surface area contributed by atoms with Gasteiger partial charge in [-0.05, 0) is 18.8 Å². The lowest BCUT2D eigenvalue weighted by atomic mass is 10.0. The zero-order valence-electron chi connectivity index (χ0n) is 9.44. The number of H-pyrrole nitrogens is 2. The molecule has 0 spiro atoms. The van der Waals surface area contributed by atoms with Crippen molar-refractivity contribution in [2.75, 3.05) is 0 Å². The first-order chi connectivity index (χ1) is 8.08. The van der Waals surface area contributed by atoms with E-state index in [1.807, 2.05) is 9.97 Å². The zero-order chi connectivity index (χ0) is 12.8. The molecule has 0 aliphatic heterocycles. The molecule has 1 heterocycles. The van der Waals surface area contributed by atoms with Crippen LogP contribution in [0.4, 0.5) is 0 Å². The van der Waals surface area contributed by atoms with E-state index in [2.05, 4.69) is 13.2 Å². The summed E-state index contributed by atoms with van der Waals surface area (Å²) in [5, 5.41) is 0. The van der Waals surface area contributed by atoms with Crippen LogP contribution in [0.1, 0.15) is 12.8 Å². The molecule has 0 saturated carbocycles. The number of allylic oxidation sites excluding steroid dienone is 2. The average Bonchev–Trinajstić information content (AvgIpc) is 2.23. The molecular formula is C11H15N3O3. The lowest BCUT2D eigenvalue weighted by Gasteiger charge is -2.13. The Morgan fingerprint density at radius 3 is 1.94 bits per heavy atom. The van der Waals surface area contributed by atoms with Crippen LogP contribution in [0.3, 0.4) is 0 Å². The van der Waals surface area contributed by atoms with Gasteiger partial charge in [0.05, 0.1) is 0 Å². The molecule has 1 aromatic heterocycles. The van der Waals surface area contributed by atoms with Gasteiger partial charge in [-0.15, -0.1) is 13.2 Å². The average molecular weight is 237 g/mol. The summed E-state index contributed by atoms with van der Waals surface area (Å²) in [6.07, 6.45) is 4.77. The monoisotopic (exact) mass is 237 g/mol. The molecule has 6 nitrogen and oxygen atoms in total. The summed E-state index contributed by atoms with van der Waals surface area (Å²) in [6.45, 7) is 7.46. The van der Waals surface area contributed by atoms with Crippen molar-refractivity contribution in [1.82, 2.24) is 14.5 Å². The topological polar surface area (TPSA) is 87.7 Å². The van der Waals surface area contributed by atoms with E-state index in [0.29, 0.717) is 12.8 Å². The fourth-order valence-electron chi connectivity index (χ4n) is 1.59. The smallest absolute Gasteiger partial charge is 0.259 e. The fraction of sp³-hybridized carbons (Fsp3) is 0.364.